The van der Waals surface area contributed by atoms with Crippen LogP contribution in [-0.4, -0.2) is 26.4 Å². The molecule has 3 aromatic heterocycles. The number of hydrogen-bond donors (Lipinski definition) is 0. The molecule has 3 aromatic rings. The molecule has 4 rings (SSSR count). The lowest BCUT2D eigenvalue weighted by molar-refractivity contribution is 0.242. The summed E-state index contributed by atoms with van der Waals surface area (Å²) in [5.41, 5.74) is 4.79. The highest BCUT2D eigenvalue weighted by atomic mass is 32.1. The fraction of sp³-hybridized carbons (Fsp3) is 0.350. The van der Waals surface area contributed by atoms with Crippen molar-refractivity contribution >= 4 is 11.3 Å². The average Bonchev–Trinajstić information content (AvgIpc) is 3.16. The monoisotopic (exact) mass is 350 g/mol. The van der Waals surface area contributed by atoms with Gasteiger partial charge in [-0.05, 0) is 23.1 Å². The van der Waals surface area contributed by atoms with Gasteiger partial charge < -0.3 is 0 Å². The maximum atomic E-state index is 4.75. The quantitative estimate of drug-likeness (QED) is 0.704. The predicted octanol–water partition coefficient (Wildman–Crippen LogP) is 4.28. The molecule has 0 fully saturated rings. The summed E-state index contributed by atoms with van der Waals surface area (Å²) in [6.07, 6.45) is 5.02. The van der Waals surface area contributed by atoms with Gasteiger partial charge in [0.25, 0.3) is 0 Å². The summed E-state index contributed by atoms with van der Waals surface area (Å²) < 4.78 is 0. The van der Waals surface area contributed by atoms with Crippen molar-refractivity contribution in [2.75, 3.05) is 6.54 Å². The third-order valence-electron chi connectivity index (χ3n) is 4.55. The fourth-order valence-corrected chi connectivity index (χ4v) is 3.85. The summed E-state index contributed by atoms with van der Waals surface area (Å²) in [5.74, 6) is 1.34. The smallest absolute Gasteiger partial charge is 0.131 e. The third-order valence-corrected chi connectivity index (χ3v) is 5.44. The highest BCUT2D eigenvalue weighted by Gasteiger charge is 2.19. The highest BCUT2D eigenvalue weighted by Crippen LogP contribution is 2.24. The van der Waals surface area contributed by atoms with Crippen molar-refractivity contribution in [3.63, 3.8) is 0 Å². The first-order valence-corrected chi connectivity index (χ1v) is 9.63. The van der Waals surface area contributed by atoms with Gasteiger partial charge in [0, 0.05) is 55.6 Å². The third kappa shape index (κ3) is 3.62. The van der Waals surface area contributed by atoms with Crippen molar-refractivity contribution in [3.8, 4) is 10.6 Å². The Morgan fingerprint density at radius 2 is 2.08 bits per heavy atom. The first-order chi connectivity index (χ1) is 12.2. The number of pyridine rings is 1. The lowest BCUT2D eigenvalue weighted by Gasteiger charge is -2.28. The van der Waals surface area contributed by atoms with E-state index < -0.39 is 0 Å². The van der Waals surface area contributed by atoms with E-state index in [0.717, 1.165) is 37.6 Å². The lowest BCUT2D eigenvalue weighted by atomic mass is 10.1. The average molecular weight is 350 g/mol. The molecule has 0 radical (unpaired) electrons. The molecule has 0 aliphatic carbocycles. The first-order valence-electron chi connectivity index (χ1n) is 8.75. The zero-order valence-corrected chi connectivity index (χ0v) is 15.5. The topological polar surface area (TPSA) is 41.9 Å². The van der Waals surface area contributed by atoms with Crippen LogP contribution >= 0.6 is 11.3 Å². The van der Waals surface area contributed by atoms with Gasteiger partial charge in [-0.1, -0.05) is 26.0 Å². The Morgan fingerprint density at radius 1 is 1.16 bits per heavy atom. The largest absolute Gasteiger partial charge is 0.294 e. The van der Waals surface area contributed by atoms with Crippen LogP contribution in [0, 0.1) is 0 Å². The summed E-state index contributed by atoms with van der Waals surface area (Å²) in [6.45, 7) is 7.16. The van der Waals surface area contributed by atoms with Crippen molar-refractivity contribution in [1.82, 2.24) is 19.9 Å². The van der Waals surface area contributed by atoms with Crippen LogP contribution < -0.4 is 0 Å². The summed E-state index contributed by atoms with van der Waals surface area (Å²) in [4.78, 5) is 17.6. The van der Waals surface area contributed by atoms with E-state index in [1.54, 1.807) is 11.3 Å². The molecule has 4 nitrogen and oxygen atoms in total. The molecule has 0 atom stereocenters. The molecule has 0 amide bonds. The van der Waals surface area contributed by atoms with Crippen LogP contribution in [0.1, 0.15) is 42.4 Å². The van der Waals surface area contributed by atoms with Crippen LogP contribution in [0.3, 0.4) is 0 Å². The van der Waals surface area contributed by atoms with E-state index in [4.69, 9.17) is 4.98 Å². The summed E-state index contributed by atoms with van der Waals surface area (Å²) in [5, 5.41) is 2.09. The first kappa shape index (κ1) is 16.4. The van der Waals surface area contributed by atoms with E-state index in [2.05, 4.69) is 58.4 Å². The number of hydrogen-bond acceptors (Lipinski definition) is 5. The summed E-state index contributed by atoms with van der Waals surface area (Å²) >= 11 is 1.73. The normalized spacial score (nSPS) is 14.7. The van der Waals surface area contributed by atoms with Gasteiger partial charge in [-0.3, -0.25) is 9.88 Å². The van der Waals surface area contributed by atoms with Crippen molar-refractivity contribution in [3.05, 3.63) is 64.7 Å². The molecule has 0 saturated heterocycles. The van der Waals surface area contributed by atoms with Crippen molar-refractivity contribution in [2.45, 2.75) is 39.3 Å². The molecule has 0 unspecified atom stereocenters. The number of rotatable bonds is 4. The maximum absolute atomic E-state index is 4.75. The van der Waals surface area contributed by atoms with Gasteiger partial charge in [-0.2, -0.15) is 0 Å². The second kappa shape index (κ2) is 7.02. The van der Waals surface area contributed by atoms with Crippen LogP contribution in [0.15, 0.2) is 42.0 Å². The van der Waals surface area contributed by atoms with Gasteiger partial charge in [0.15, 0.2) is 0 Å². The number of thiophene rings is 1. The number of fused-ring (bicyclic) bond motifs is 1. The second-order valence-electron chi connectivity index (χ2n) is 6.84. The lowest BCUT2D eigenvalue weighted by Crippen LogP contribution is -2.31. The fourth-order valence-electron chi connectivity index (χ4n) is 3.15. The van der Waals surface area contributed by atoms with Crippen LogP contribution in [0.5, 0.6) is 0 Å². The number of nitrogens with zero attached hydrogens (tertiary/aromatic N) is 4. The molecule has 1 aliphatic rings. The van der Waals surface area contributed by atoms with Crippen molar-refractivity contribution in [1.29, 1.82) is 0 Å². The van der Waals surface area contributed by atoms with Crippen LogP contribution in [-0.2, 0) is 19.5 Å². The minimum atomic E-state index is 0.385. The Kier molecular flexibility index (Phi) is 4.59. The van der Waals surface area contributed by atoms with Gasteiger partial charge in [0.05, 0.1) is 10.6 Å². The molecular weight excluding hydrogens is 328 g/mol. The number of aromatic nitrogens is 3. The van der Waals surface area contributed by atoms with Gasteiger partial charge in [0.1, 0.15) is 5.82 Å². The van der Waals surface area contributed by atoms with Crippen LogP contribution in [0.2, 0.25) is 0 Å². The van der Waals surface area contributed by atoms with Gasteiger partial charge in [-0.15, -0.1) is 11.3 Å². The van der Waals surface area contributed by atoms with E-state index in [1.807, 2.05) is 12.4 Å². The van der Waals surface area contributed by atoms with E-state index in [-0.39, 0.29) is 0 Å². The summed E-state index contributed by atoms with van der Waals surface area (Å²) in [7, 11) is 0. The maximum Gasteiger partial charge on any atom is 0.131 e. The van der Waals surface area contributed by atoms with E-state index in [0.29, 0.717) is 5.92 Å². The predicted molar refractivity (Wildman–Crippen MR) is 101 cm³/mol. The molecule has 1 aliphatic heterocycles. The second-order valence-corrected chi connectivity index (χ2v) is 7.79. The standard InChI is InChI=1S/C20H22N4S/c1-14(2)20-22-11-16-13-24(8-7-17(16)23-20)12-15-5-6-18(21-10-15)19-4-3-9-25-19/h3-6,9-11,14H,7-8,12-13H2,1-2H3. The molecule has 25 heavy (non-hydrogen) atoms. The Balaban J connectivity index is 1.44. The molecule has 4 heterocycles. The SMILES string of the molecule is CC(C)c1ncc2c(n1)CCN(Cc1ccc(-c3cccs3)nc1)C2. The molecule has 0 spiro atoms. The Bertz CT molecular complexity index is 841. The Labute approximate surface area is 152 Å². The van der Waals surface area contributed by atoms with Gasteiger partial charge >= 0.3 is 0 Å². The molecule has 128 valence electrons. The van der Waals surface area contributed by atoms with Crippen LogP contribution in [0.4, 0.5) is 0 Å². The highest BCUT2D eigenvalue weighted by molar-refractivity contribution is 7.13. The van der Waals surface area contributed by atoms with Gasteiger partial charge in [0.2, 0.25) is 0 Å². The van der Waals surface area contributed by atoms with Crippen molar-refractivity contribution < 1.29 is 0 Å². The minimum absolute atomic E-state index is 0.385. The zero-order chi connectivity index (χ0) is 17.2. The minimum Gasteiger partial charge on any atom is -0.294 e. The molecule has 0 bridgehead atoms. The zero-order valence-electron chi connectivity index (χ0n) is 14.6. The summed E-state index contributed by atoms with van der Waals surface area (Å²) in [6, 6.07) is 8.49. The van der Waals surface area contributed by atoms with Crippen molar-refractivity contribution in [2.24, 2.45) is 0 Å². The molecule has 0 saturated carbocycles. The molecule has 0 N–H and O–H groups in total. The Hall–Kier alpha value is -2.11. The van der Waals surface area contributed by atoms with Gasteiger partial charge in [-0.25, -0.2) is 9.97 Å². The van der Waals surface area contributed by atoms with E-state index in [9.17, 15) is 0 Å². The molecule has 0 aromatic carbocycles. The molecular formula is C20H22N4S. The van der Waals surface area contributed by atoms with E-state index in [1.165, 1.54) is 21.7 Å². The van der Waals surface area contributed by atoms with Crippen LogP contribution in [0.25, 0.3) is 10.6 Å². The Morgan fingerprint density at radius 3 is 2.80 bits per heavy atom. The molecule has 5 heteroatoms. The van der Waals surface area contributed by atoms with E-state index >= 15 is 0 Å².